The van der Waals surface area contributed by atoms with Gasteiger partial charge in [0.25, 0.3) is 0 Å². The predicted molar refractivity (Wildman–Crippen MR) is 290 cm³/mol. The van der Waals surface area contributed by atoms with Gasteiger partial charge in [0.05, 0.1) is 0 Å². The van der Waals surface area contributed by atoms with Gasteiger partial charge in [-0.05, 0) is 145 Å². The molecule has 346 valence electrons. The van der Waals surface area contributed by atoms with E-state index in [-0.39, 0.29) is 27.2 Å². The molecule has 68 heavy (non-hydrogen) atoms. The van der Waals surface area contributed by atoms with E-state index in [0.717, 1.165) is 84.2 Å². The summed E-state index contributed by atoms with van der Waals surface area (Å²) in [7, 11) is 2.44. The van der Waals surface area contributed by atoms with E-state index in [1.807, 2.05) is 60.7 Å². The summed E-state index contributed by atoms with van der Waals surface area (Å²) in [4.78, 5) is 1.21. The minimum absolute atomic E-state index is 0.163. The van der Waals surface area contributed by atoms with Crippen LogP contribution < -0.4 is 43.3 Å². The topological polar surface area (TPSA) is 86.2 Å². The van der Waals surface area contributed by atoms with Crippen LogP contribution in [0.1, 0.15) is 71.1 Å². The Hall–Kier alpha value is -4.31. The van der Waals surface area contributed by atoms with Crippen LogP contribution in [0.15, 0.2) is 216 Å². The van der Waals surface area contributed by atoms with Crippen LogP contribution in [-0.2, 0) is 50.7 Å². The van der Waals surface area contributed by atoms with Gasteiger partial charge >= 0.3 is 34.5 Å². The van der Waals surface area contributed by atoms with Crippen molar-refractivity contribution < 1.29 is 23.6 Å². The molecule has 0 fully saturated rings. The zero-order chi connectivity index (χ0) is 47.3. The van der Waals surface area contributed by atoms with Crippen molar-refractivity contribution in [3.8, 4) is 0 Å². The van der Waals surface area contributed by atoms with Crippen molar-refractivity contribution >= 4 is 76.9 Å². The second-order valence-electron chi connectivity index (χ2n) is 17.2. The summed E-state index contributed by atoms with van der Waals surface area (Å²) in [5.41, 5.74) is 19.0. The van der Waals surface area contributed by atoms with Gasteiger partial charge in [-0.3, -0.25) is 0 Å². The number of fused-ring (bicyclic) bond motifs is 2. The zero-order valence-electron chi connectivity index (χ0n) is 37.9. The van der Waals surface area contributed by atoms with Gasteiger partial charge in [0.15, 0.2) is 0 Å². The normalized spacial score (nSPS) is 14.0. The zero-order valence-corrected chi connectivity index (χ0v) is 44.0. The van der Waals surface area contributed by atoms with E-state index in [0.29, 0.717) is 9.79 Å². The fraction of sp³-hybridized carbons (Fsp3) is 0.172. The Balaban J connectivity index is 0.000000275. The van der Waals surface area contributed by atoms with Gasteiger partial charge in [-0.15, -0.1) is 0 Å². The van der Waals surface area contributed by atoms with Crippen molar-refractivity contribution in [1.29, 1.82) is 0 Å². The van der Waals surface area contributed by atoms with Crippen LogP contribution in [0.2, 0.25) is 0 Å². The molecule has 2 aliphatic carbocycles. The van der Waals surface area contributed by atoms with E-state index in [1.54, 1.807) is 0 Å². The number of nitrogens with two attached hydrogens (primary N) is 2. The summed E-state index contributed by atoms with van der Waals surface area (Å²) in [6, 6.07) is 71.0. The molecule has 2 atom stereocenters. The van der Waals surface area contributed by atoms with Crippen molar-refractivity contribution in [2.75, 3.05) is 0 Å². The van der Waals surface area contributed by atoms with Gasteiger partial charge in [-0.1, -0.05) is 146 Å². The molecule has 10 rings (SSSR count). The van der Waals surface area contributed by atoms with E-state index >= 15 is 8.42 Å². The second kappa shape index (κ2) is 24.5. The molecule has 2 aliphatic rings. The molecule has 0 heterocycles. The Bertz CT molecular complexity index is 2680. The van der Waals surface area contributed by atoms with Crippen molar-refractivity contribution in [2.45, 2.75) is 73.2 Å². The van der Waals surface area contributed by atoms with Gasteiger partial charge in [0.2, 0.25) is 9.84 Å². The fourth-order valence-corrected chi connectivity index (χ4v) is 18.6. The average Bonchev–Trinajstić information content (AvgIpc) is 3.40. The van der Waals surface area contributed by atoms with Crippen LogP contribution in [0.4, 0.5) is 0 Å². The Labute approximate surface area is 421 Å². The number of halogens is 2. The van der Waals surface area contributed by atoms with Crippen LogP contribution in [0.5, 0.6) is 0 Å². The monoisotopic (exact) mass is 1080 g/mol. The predicted octanol–water partition coefficient (Wildman–Crippen LogP) is 11.0. The van der Waals surface area contributed by atoms with E-state index in [2.05, 4.69) is 146 Å². The molecule has 8 aromatic rings. The maximum atomic E-state index is 16.2. The first kappa shape index (κ1) is 50.1. The standard InChI is InChI=1S/C44H40O2P2S.C14H16N2.2ClH.Ru/c45-49(46,43-39-27-15-13-17-33(39)29-31-41(43)47(35-19-5-1-6-20-35)36-21-7-2-8-22-36)44-40-28-16-14-18-34(40)30-32-42(44)48(37-23-9-3-10-24-37)38-25-11-4-12-26-38;15-13(11-7-3-1-4-8-11)14(16)12-9-5-2-6-10-12;;;/h1-12,19-26,29-32H,13-18,27-28H2;1-10,13-14H,15-16H2;2*1H;/q;;;;+4. The Morgan fingerprint density at radius 1 is 0.397 bits per heavy atom. The third kappa shape index (κ3) is 11.6. The molecule has 2 unspecified atom stereocenters. The second-order valence-corrected chi connectivity index (χ2v) is 26.6. The molecule has 0 amide bonds. The SMILES string of the molecule is NC(c1ccccc1)C(N)c1ccccc1.O=S(=O)(c1c([PH+](c2ccccc2)c2ccccc2)ccc2c1CCCC2)c1c([PH+](c2ccccc2)c2ccccc2)ccc2c1CCCC2.[Cl][Ru+2][Cl]. The molecule has 4 N–H and O–H groups in total. The first-order valence-electron chi connectivity index (χ1n) is 23.3. The first-order chi connectivity index (χ1) is 33.3. The number of hydrogen-bond donors (Lipinski definition) is 2. The van der Waals surface area contributed by atoms with Gasteiger partial charge in [0.1, 0.15) is 57.5 Å². The molecule has 0 saturated heterocycles. The van der Waals surface area contributed by atoms with Crippen LogP contribution >= 0.6 is 35.2 Å². The summed E-state index contributed by atoms with van der Waals surface area (Å²) >= 11 is -0.346. The van der Waals surface area contributed by atoms with Crippen LogP contribution in [-0.4, -0.2) is 8.42 Å². The number of sulfone groups is 1. The molecule has 0 aliphatic heterocycles. The molecule has 4 nitrogen and oxygen atoms in total. The summed E-state index contributed by atoms with van der Waals surface area (Å²) in [5, 5.41) is 6.82. The molecule has 0 aromatic heterocycles. The fourth-order valence-electron chi connectivity index (χ4n) is 9.84. The van der Waals surface area contributed by atoms with E-state index in [9.17, 15) is 0 Å². The van der Waals surface area contributed by atoms with Crippen LogP contribution in [0, 0.1) is 0 Å². The average molecular weight is 1080 g/mol. The van der Waals surface area contributed by atoms with Crippen LogP contribution in [0.25, 0.3) is 0 Å². The third-order valence-electron chi connectivity index (χ3n) is 13.0. The third-order valence-corrected chi connectivity index (χ3v) is 21.0. The summed E-state index contributed by atoms with van der Waals surface area (Å²) in [6.07, 6.45) is 7.69. The van der Waals surface area contributed by atoms with Gasteiger partial charge in [-0.25, -0.2) is 8.42 Å². The van der Waals surface area contributed by atoms with Gasteiger partial charge in [-0.2, -0.15) is 0 Å². The summed E-state index contributed by atoms with van der Waals surface area (Å²) in [5.74, 6) is 0. The molecule has 0 spiro atoms. The maximum absolute atomic E-state index is 16.2. The van der Waals surface area contributed by atoms with Gasteiger partial charge in [0, 0.05) is 12.1 Å². The number of benzene rings is 8. The van der Waals surface area contributed by atoms with Crippen molar-refractivity contribution in [3.63, 3.8) is 0 Å². The quantitative estimate of drug-likeness (QED) is 0.0998. The van der Waals surface area contributed by atoms with Crippen molar-refractivity contribution in [2.24, 2.45) is 11.5 Å². The number of hydrogen-bond acceptors (Lipinski definition) is 4. The van der Waals surface area contributed by atoms with E-state index in [4.69, 9.17) is 30.8 Å². The molecule has 0 saturated carbocycles. The molecular formula is C58H58Cl2N2O2P2RuS+4. The van der Waals surface area contributed by atoms with Crippen molar-refractivity contribution in [3.05, 3.63) is 240 Å². The molecule has 8 aromatic carbocycles. The Kier molecular flexibility index (Phi) is 18.0. The van der Waals surface area contributed by atoms with Crippen LogP contribution in [0.3, 0.4) is 0 Å². The summed E-state index contributed by atoms with van der Waals surface area (Å²) in [6.45, 7) is 0. The van der Waals surface area contributed by atoms with E-state index in [1.165, 1.54) is 32.3 Å². The van der Waals surface area contributed by atoms with E-state index < -0.39 is 25.7 Å². The Morgan fingerprint density at radius 3 is 0.956 bits per heavy atom. The van der Waals surface area contributed by atoms with Gasteiger partial charge < -0.3 is 11.5 Å². The molecular weight excluding hydrogens is 1020 g/mol. The first-order valence-corrected chi connectivity index (χ1v) is 32.2. The number of aryl methyl sites for hydroxylation is 2. The Morgan fingerprint density at radius 2 is 0.662 bits per heavy atom. The molecule has 10 heteroatoms. The molecule has 0 radical (unpaired) electrons. The minimum atomic E-state index is -3.95. The summed E-state index contributed by atoms with van der Waals surface area (Å²) < 4.78 is 32.4. The number of rotatable bonds is 11. The van der Waals surface area contributed by atoms with Crippen molar-refractivity contribution in [1.82, 2.24) is 0 Å². The molecule has 0 bridgehead atoms.